The minimum absolute atomic E-state index is 0.288. The number of aliphatic imine (C=N–C) groups is 1. The quantitative estimate of drug-likeness (QED) is 0.463. The van der Waals surface area contributed by atoms with Gasteiger partial charge in [-0.3, -0.25) is 14.6 Å². The number of carbonyl (C=O) groups excluding carboxylic acids is 2. The number of hydrogen-bond donors (Lipinski definition) is 1. The van der Waals surface area contributed by atoms with E-state index in [9.17, 15) is 9.59 Å². The fourth-order valence-electron chi connectivity index (χ4n) is 3.03. The summed E-state index contributed by atoms with van der Waals surface area (Å²) in [5, 5.41) is 4.90. The second kappa shape index (κ2) is 8.10. The Kier molecular flexibility index (Phi) is 5.79. The molecule has 0 bridgehead atoms. The summed E-state index contributed by atoms with van der Waals surface area (Å²) in [5.41, 5.74) is 3.80. The summed E-state index contributed by atoms with van der Waals surface area (Å²) in [6.45, 7) is 4.86. The Hall–Kier alpha value is -2.74. The molecular weight excluding hydrogens is 380 g/mol. The molecule has 1 N–H and O–H groups in total. The number of carbonyl (C=O) groups is 2. The van der Waals surface area contributed by atoms with Gasteiger partial charge in [0.2, 0.25) is 11.9 Å². The molecule has 0 aliphatic carbocycles. The number of urea groups is 1. The molecule has 3 amide bonds. The number of fused-ring (bicyclic) bond motifs is 1. The number of hydrogen-bond acceptors (Lipinski definition) is 5. The maximum Gasteiger partial charge on any atom is 0.413 e. The summed E-state index contributed by atoms with van der Waals surface area (Å²) in [4.78, 5) is 32.0. The molecule has 0 radical (unpaired) electrons. The number of benzene rings is 1. The lowest BCUT2D eigenvalue weighted by Crippen LogP contribution is -2.61. The third-order valence-electron chi connectivity index (χ3n) is 4.73. The first-order chi connectivity index (χ1) is 13.3. The van der Waals surface area contributed by atoms with E-state index < -0.39 is 12.1 Å². The number of rotatable bonds is 5. The lowest BCUT2D eigenvalue weighted by Gasteiger charge is -2.31. The van der Waals surface area contributed by atoms with Crippen LogP contribution in [0.1, 0.15) is 25.8 Å². The van der Waals surface area contributed by atoms with E-state index in [0.29, 0.717) is 29.3 Å². The van der Waals surface area contributed by atoms with Gasteiger partial charge in [-0.05, 0) is 30.0 Å². The van der Waals surface area contributed by atoms with Crippen LogP contribution in [-0.2, 0) is 4.79 Å². The molecule has 1 atom stereocenters. The van der Waals surface area contributed by atoms with Crippen LogP contribution in [-0.4, -0.2) is 71.0 Å². The van der Waals surface area contributed by atoms with Crippen molar-refractivity contribution in [3.05, 3.63) is 34.9 Å². The molecular formula is C19H24ClN6O2+. The third-order valence-corrected chi connectivity index (χ3v) is 4.98. The lowest BCUT2D eigenvalue weighted by molar-refractivity contribution is -0.538. The van der Waals surface area contributed by atoms with E-state index in [-0.39, 0.29) is 5.91 Å². The Balaban J connectivity index is 1.87. The maximum atomic E-state index is 12.8. The van der Waals surface area contributed by atoms with Crippen molar-refractivity contribution >= 4 is 41.5 Å². The lowest BCUT2D eigenvalue weighted by atomic mass is 10.1. The van der Waals surface area contributed by atoms with Crippen LogP contribution in [0.2, 0.25) is 5.02 Å². The van der Waals surface area contributed by atoms with Crippen LogP contribution >= 0.6 is 11.6 Å². The Bertz CT molecular complexity index is 875. The topological polar surface area (TPSA) is 80.4 Å². The summed E-state index contributed by atoms with van der Waals surface area (Å²) in [6, 6.07) is 6.24. The van der Waals surface area contributed by atoms with Crippen molar-refractivity contribution in [1.29, 1.82) is 0 Å². The Morgan fingerprint density at radius 2 is 1.93 bits per heavy atom. The van der Waals surface area contributed by atoms with Crippen molar-refractivity contribution in [2.45, 2.75) is 26.3 Å². The minimum Gasteiger partial charge on any atom is -0.270 e. The molecule has 2 aliphatic heterocycles. The van der Waals surface area contributed by atoms with Crippen LogP contribution in [0.15, 0.2) is 34.4 Å². The highest BCUT2D eigenvalue weighted by atomic mass is 35.5. The molecule has 8 nitrogen and oxygen atoms in total. The van der Waals surface area contributed by atoms with Gasteiger partial charge in [0.05, 0.1) is 12.8 Å². The van der Waals surface area contributed by atoms with Gasteiger partial charge in [0, 0.05) is 19.1 Å². The zero-order valence-corrected chi connectivity index (χ0v) is 17.1. The number of halogens is 1. The molecule has 2 heterocycles. The van der Waals surface area contributed by atoms with Crippen molar-refractivity contribution in [1.82, 2.24) is 15.2 Å². The number of hydrazone groups is 1. The van der Waals surface area contributed by atoms with Crippen LogP contribution in [0.5, 0.6) is 0 Å². The van der Waals surface area contributed by atoms with Gasteiger partial charge >= 0.3 is 12.0 Å². The number of likely N-dealkylation sites (N-methyl/N-ethyl adjacent to an activating group) is 2. The fraction of sp³-hybridized carbons (Fsp3) is 0.421. The molecule has 9 heteroatoms. The van der Waals surface area contributed by atoms with Gasteiger partial charge in [0.15, 0.2) is 0 Å². The predicted molar refractivity (Wildman–Crippen MR) is 109 cm³/mol. The molecule has 1 fully saturated rings. The van der Waals surface area contributed by atoms with Gasteiger partial charge in [-0.2, -0.15) is 5.43 Å². The predicted octanol–water partition coefficient (Wildman–Crippen LogP) is 1.98. The fourth-order valence-corrected chi connectivity index (χ4v) is 3.16. The average molecular weight is 404 g/mol. The smallest absolute Gasteiger partial charge is 0.270 e. The molecule has 28 heavy (non-hydrogen) atoms. The highest BCUT2D eigenvalue weighted by molar-refractivity contribution is 6.30. The third kappa shape index (κ3) is 3.91. The second-order valence-electron chi connectivity index (χ2n) is 7.23. The normalized spacial score (nSPS) is 19.8. The monoisotopic (exact) mass is 403 g/mol. The van der Waals surface area contributed by atoms with Crippen LogP contribution in [0.4, 0.5) is 4.79 Å². The Morgan fingerprint density at radius 3 is 2.57 bits per heavy atom. The SMILES string of the molecule is CC(C)CC[N+]1=C(N/N=C/c2ccc(Cl)cc2)N=C2C1C(=O)N(C)C(=O)N2C. The molecule has 2 aliphatic rings. The van der Waals surface area contributed by atoms with Crippen molar-refractivity contribution < 1.29 is 14.2 Å². The number of nitrogens with one attached hydrogen (secondary N) is 1. The van der Waals surface area contributed by atoms with E-state index in [1.807, 2.05) is 16.7 Å². The molecule has 0 spiro atoms. The first-order valence-corrected chi connectivity index (χ1v) is 9.49. The van der Waals surface area contributed by atoms with E-state index >= 15 is 0 Å². The number of imide groups is 1. The highest BCUT2D eigenvalue weighted by Gasteiger charge is 2.51. The first-order valence-electron chi connectivity index (χ1n) is 9.11. The summed E-state index contributed by atoms with van der Waals surface area (Å²) in [5.74, 6) is 1.04. The van der Waals surface area contributed by atoms with Gasteiger partial charge in [0.25, 0.3) is 5.91 Å². The molecule has 1 saturated heterocycles. The van der Waals surface area contributed by atoms with Gasteiger partial charge in [-0.1, -0.05) is 42.6 Å². The number of nitrogens with zero attached hydrogens (tertiary/aromatic N) is 5. The van der Waals surface area contributed by atoms with Crippen molar-refractivity contribution in [2.24, 2.45) is 16.0 Å². The Morgan fingerprint density at radius 1 is 1.25 bits per heavy atom. The summed E-state index contributed by atoms with van der Waals surface area (Å²) in [7, 11) is 3.11. The molecule has 0 aromatic heterocycles. The maximum absolute atomic E-state index is 12.8. The van der Waals surface area contributed by atoms with E-state index in [2.05, 4.69) is 29.4 Å². The van der Waals surface area contributed by atoms with Crippen LogP contribution in [0, 0.1) is 5.92 Å². The summed E-state index contributed by atoms with van der Waals surface area (Å²) >= 11 is 5.89. The van der Waals surface area contributed by atoms with Gasteiger partial charge in [0.1, 0.15) is 0 Å². The number of amides is 3. The first kappa shape index (κ1) is 20.0. The number of amidine groups is 1. The van der Waals surface area contributed by atoms with Gasteiger partial charge in [-0.15, -0.1) is 5.10 Å². The van der Waals surface area contributed by atoms with Crippen molar-refractivity contribution in [3.63, 3.8) is 0 Å². The summed E-state index contributed by atoms with van der Waals surface area (Å²) < 4.78 is 1.87. The van der Waals surface area contributed by atoms with E-state index in [4.69, 9.17) is 11.6 Å². The number of guanidine groups is 1. The molecule has 1 aromatic carbocycles. The van der Waals surface area contributed by atoms with Crippen LogP contribution < -0.4 is 5.43 Å². The van der Waals surface area contributed by atoms with Crippen LogP contribution in [0.3, 0.4) is 0 Å². The zero-order chi connectivity index (χ0) is 20.4. The largest absolute Gasteiger partial charge is 0.413 e. The summed E-state index contributed by atoms with van der Waals surface area (Å²) in [6.07, 6.45) is 2.52. The average Bonchev–Trinajstić information content (AvgIpc) is 3.03. The van der Waals surface area contributed by atoms with Gasteiger partial charge < -0.3 is 0 Å². The highest BCUT2D eigenvalue weighted by Crippen LogP contribution is 2.19. The molecule has 3 rings (SSSR count). The Labute approximate surface area is 169 Å². The van der Waals surface area contributed by atoms with Crippen LogP contribution in [0.25, 0.3) is 0 Å². The second-order valence-corrected chi connectivity index (χ2v) is 7.67. The van der Waals surface area contributed by atoms with E-state index in [1.54, 1.807) is 25.4 Å². The molecule has 1 aromatic rings. The molecule has 1 unspecified atom stereocenters. The van der Waals surface area contributed by atoms with Crippen molar-refractivity contribution in [3.8, 4) is 0 Å². The molecule has 0 saturated carbocycles. The van der Waals surface area contributed by atoms with E-state index in [0.717, 1.165) is 16.9 Å². The minimum atomic E-state index is -0.625. The molecule has 148 valence electrons. The van der Waals surface area contributed by atoms with Crippen molar-refractivity contribution in [2.75, 3.05) is 20.6 Å². The standard InChI is InChI=1S/C19H23ClN6O2/c1-12(2)9-10-26-15-16(24(3)19(28)25(4)17(15)27)22-18(26)23-21-11-13-5-7-14(20)8-6-13/h5-8,11-12,15H,9-10H2,1-4H3/p+1/b21-11+. The zero-order valence-electron chi connectivity index (χ0n) is 16.4. The van der Waals surface area contributed by atoms with E-state index in [1.165, 1.54) is 11.9 Å². The van der Waals surface area contributed by atoms with Gasteiger partial charge in [-0.25, -0.2) is 9.37 Å².